The molecule has 4 rings (SSSR count). The van der Waals surface area contributed by atoms with Gasteiger partial charge in [0.2, 0.25) is 0 Å². The summed E-state index contributed by atoms with van der Waals surface area (Å²) in [6.07, 6.45) is 0.886. The Morgan fingerprint density at radius 3 is 2.26 bits per heavy atom. The van der Waals surface area contributed by atoms with Gasteiger partial charge >= 0.3 is 0 Å². The summed E-state index contributed by atoms with van der Waals surface area (Å²) in [4.78, 5) is 10.3. The average Bonchev–Trinajstić information content (AvgIpc) is 3.17. The molecule has 1 aromatic carbocycles. The van der Waals surface area contributed by atoms with Gasteiger partial charge in [-0.05, 0) is 12.5 Å². The van der Waals surface area contributed by atoms with Crippen LogP contribution in [0.1, 0.15) is 17.9 Å². The number of benzene rings is 1. The van der Waals surface area contributed by atoms with E-state index < -0.39 is 31.7 Å². The summed E-state index contributed by atoms with van der Waals surface area (Å²) in [5.74, 6) is -1.52. The first-order valence-electron chi connectivity index (χ1n) is 10.9. The lowest BCUT2D eigenvalue weighted by Gasteiger charge is -2.24. The van der Waals surface area contributed by atoms with E-state index in [0.717, 1.165) is 19.6 Å². The molecule has 3 heterocycles. The fraction of sp³-hybridized carbons (Fsp3) is 0.600. The summed E-state index contributed by atoms with van der Waals surface area (Å²) >= 11 is 0. The summed E-state index contributed by atoms with van der Waals surface area (Å²) in [7, 11) is -7.55. The van der Waals surface area contributed by atoms with Gasteiger partial charge in [0.1, 0.15) is 17.3 Å². The summed E-state index contributed by atoms with van der Waals surface area (Å²) in [5, 5.41) is 0.232. The Labute approximate surface area is 202 Å². The monoisotopic (exact) mass is 533 g/mol. The quantitative estimate of drug-likeness (QED) is 0.315. The van der Waals surface area contributed by atoms with Crippen LogP contribution >= 0.6 is 0 Å². The molecule has 0 spiro atoms. The van der Waals surface area contributed by atoms with Gasteiger partial charge in [0.25, 0.3) is 20.2 Å². The van der Waals surface area contributed by atoms with Crippen molar-refractivity contribution in [3.63, 3.8) is 0 Å². The van der Waals surface area contributed by atoms with Gasteiger partial charge in [-0.1, -0.05) is 0 Å². The van der Waals surface area contributed by atoms with Crippen LogP contribution in [-0.2, 0) is 41.2 Å². The fourth-order valence-electron chi connectivity index (χ4n) is 4.23. The molecule has 2 aliphatic heterocycles. The van der Waals surface area contributed by atoms with Gasteiger partial charge in [-0.25, -0.2) is 9.97 Å². The van der Waals surface area contributed by atoms with E-state index in [9.17, 15) is 21.4 Å². The number of rotatable bonds is 10. The highest BCUT2D eigenvalue weighted by atomic mass is 32.2. The SMILES string of the molecule is COc1cc2nc(CS(=O)(=O)O)nc(CS(=O)(=O)O)c2cc1OCCCN1C[C@@H]2OCCO[C@@H]2C1. The van der Waals surface area contributed by atoms with Crippen molar-refractivity contribution in [2.75, 3.05) is 46.6 Å². The van der Waals surface area contributed by atoms with Crippen LogP contribution in [0.3, 0.4) is 0 Å². The van der Waals surface area contributed by atoms with Crippen molar-refractivity contribution < 1.29 is 44.9 Å². The molecule has 1 aromatic heterocycles. The van der Waals surface area contributed by atoms with Crippen molar-refractivity contribution in [2.24, 2.45) is 0 Å². The van der Waals surface area contributed by atoms with Crippen molar-refractivity contribution in [1.82, 2.24) is 14.9 Å². The number of aromatic nitrogens is 2. The molecule has 0 saturated carbocycles. The normalized spacial score (nSPS) is 21.2. The lowest BCUT2D eigenvalue weighted by molar-refractivity contribution is -0.116. The third-order valence-corrected chi connectivity index (χ3v) is 6.91. The van der Waals surface area contributed by atoms with Crippen LogP contribution in [-0.4, -0.2) is 99.6 Å². The number of methoxy groups -OCH3 is 1. The average molecular weight is 534 g/mol. The minimum absolute atomic E-state index is 0.0946. The van der Waals surface area contributed by atoms with E-state index in [1.54, 1.807) is 0 Å². The zero-order valence-electron chi connectivity index (χ0n) is 19.0. The zero-order valence-corrected chi connectivity index (χ0v) is 20.6. The number of hydrogen-bond acceptors (Lipinski definition) is 11. The molecule has 0 radical (unpaired) electrons. The van der Waals surface area contributed by atoms with Crippen molar-refractivity contribution >= 4 is 31.1 Å². The van der Waals surface area contributed by atoms with Crippen LogP contribution in [0.4, 0.5) is 0 Å². The molecule has 2 saturated heterocycles. The van der Waals surface area contributed by atoms with Gasteiger partial charge in [-0.3, -0.25) is 14.0 Å². The van der Waals surface area contributed by atoms with Crippen LogP contribution in [0, 0.1) is 0 Å². The Bertz CT molecular complexity index is 1270. The molecule has 15 heteroatoms. The molecule has 13 nitrogen and oxygen atoms in total. The number of nitrogens with zero attached hydrogens (tertiary/aromatic N) is 3. The van der Waals surface area contributed by atoms with Gasteiger partial charge < -0.3 is 18.9 Å². The molecule has 2 aliphatic rings. The summed E-state index contributed by atoms with van der Waals surface area (Å²) in [5.41, 5.74) is 0.0319. The van der Waals surface area contributed by atoms with E-state index in [2.05, 4.69) is 14.9 Å². The molecule has 0 amide bonds. The molecule has 2 atom stereocenters. The number of ether oxygens (including phenoxy) is 4. The highest BCUT2D eigenvalue weighted by molar-refractivity contribution is 7.85. The first-order valence-corrected chi connectivity index (χ1v) is 14.1. The Morgan fingerprint density at radius 1 is 1.00 bits per heavy atom. The maximum Gasteiger partial charge on any atom is 0.272 e. The van der Waals surface area contributed by atoms with E-state index in [1.165, 1.54) is 19.2 Å². The predicted octanol–water partition coefficient (Wildman–Crippen LogP) is 0.283. The van der Waals surface area contributed by atoms with E-state index >= 15 is 0 Å². The number of fused-ring (bicyclic) bond motifs is 2. The highest BCUT2D eigenvalue weighted by Crippen LogP contribution is 2.33. The second-order valence-electron chi connectivity index (χ2n) is 8.34. The van der Waals surface area contributed by atoms with Gasteiger partial charge in [-0.2, -0.15) is 16.8 Å². The molecule has 2 N–H and O–H groups in total. The molecule has 2 fully saturated rings. The first-order chi connectivity index (χ1) is 16.5. The lowest BCUT2D eigenvalue weighted by atomic mass is 10.1. The minimum Gasteiger partial charge on any atom is -0.493 e. The van der Waals surface area contributed by atoms with E-state index in [1.807, 2.05) is 0 Å². The lowest BCUT2D eigenvalue weighted by Crippen LogP contribution is -2.36. The zero-order chi connectivity index (χ0) is 25.2. The summed E-state index contributed by atoms with van der Waals surface area (Å²) in [6, 6.07) is 2.94. The third kappa shape index (κ3) is 6.97. The Kier molecular flexibility index (Phi) is 7.75. The predicted molar refractivity (Wildman–Crippen MR) is 123 cm³/mol. The van der Waals surface area contributed by atoms with Crippen molar-refractivity contribution in [3.05, 3.63) is 23.7 Å². The standard InChI is InChI=1S/C20H27N3O10S2/c1-30-16-8-14-13(15(11-34(24,25)26)22-20(21-14)12-35(27,28)29)7-17(16)31-4-2-3-23-9-18-19(10-23)33-6-5-32-18/h7-8,18-19H,2-6,9-12H2,1H3,(H,24,25,26)(H,27,28,29)/t18-,19+. The molecule has 194 valence electrons. The van der Waals surface area contributed by atoms with Gasteiger partial charge in [0.05, 0.1) is 50.3 Å². The van der Waals surface area contributed by atoms with Crippen LogP contribution in [0.2, 0.25) is 0 Å². The topological polar surface area (TPSA) is 175 Å². The highest BCUT2D eigenvalue weighted by Gasteiger charge is 2.36. The largest absolute Gasteiger partial charge is 0.493 e. The van der Waals surface area contributed by atoms with Gasteiger partial charge in [-0.15, -0.1) is 0 Å². The summed E-state index contributed by atoms with van der Waals surface area (Å²) in [6.45, 7) is 3.93. The van der Waals surface area contributed by atoms with Crippen LogP contribution < -0.4 is 9.47 Å². The van der Waals surface area contributed by atoms with E-state index in [0.29, 0.717) is 37.7 Å². The van der Waals surface area contributed by atoms with Gasteiger partial charge in [0, 0.05) is 31.1 Å². The van der Waals surface area contributed by atoms with Crippen molar-refractivity contribution in [1.29, 1.82) is 0 Å². The molecular weight excluding hydrogens is 506 g/mol. The summed E-state index contributed by atoms with van der Waals surface area (Å²) < 4.78 is 86.8. The minimum atomic E-state index is -4.50. The second kappa shape index (κ2) is 10.5. The van der Waals surface area contributed by atoms with Crippen LogP contribution in [0.5, 0.6) is 11.5 Å². The molecule has 35 heavy (non-hydrogen) atoms. The third-order valence-electron chi connectivity index (χ3n) is 5.65. The number of hydrogen-bond donors (Lipinski definition) is 2. The molecule has 0 aliphatic carbocycles. The van der Waals surface area contributed by atoms with Crippen LogP contribution in [0.15, 0.2) is 12.1 Å². The van der Waals surface area contributed by atoms with E-state index in [-0.39, 0.29) is 34.6 Å². The van der Waals surface area contributed by atoms with Crippen molar-refractivity contribution in [3.8, 4) is 11.5 Å². The fourth-order valence-corrected chi connectivity index (χ4v) is 5.25. The van der Waals surface area contributed by atoms with Gasteiger partial charge in [0.15, 0.2) is 11.5 Å². The maximum absolute atomic E-state index is 11.5. The van der Waals surface area contributed by atoms with Crippen LogP contribution in [0.25, 0.3) is 10.9 Å². The smallest absolute Gasteiger partial charge is 0.272 e. The maximum atomic E-state index is 11.5. The van der Waals surface area contributed by atoms with E-state index in [4.69, 9.17) is 23.5 Å². The molecule has 0 bridgehead atoms. The first kappa shape index (κ1) is 25.9. The Balaban J connectivity index is 1.51. The molecule has 2 aromatic rings. The second-order valence-corrected chi connectivity index (χ2v) is 11.2. The molecular formula is C20H27N3O10S2. The number of likely N-dealkylation sites (tertiary alicyclic amines) is 1. The Morgan fingerprint density at radius 2 is 1.66 bits per heavy atom. The molecule has 0 unspecified atom stereocenters. The Hall–Kier alpha value is -2.14. The van der Waals surface area contributed by atoms with Crippen molar-refractivity contribution in [2.45, 2.75) is 30.1 Å².